The Bertz CT molecular complexity index is 1530. The summed E-state index contributed by atoms with van der Waals surface area (Å²) in [6, 6.07) is 5.22. The Morgan fingerprint density at radius 2 is 1.43 bits per heavy atom. The third kappa shape index (κ3) is 5.30. The average Bonchev–Trinajstić information content (AvgIpc) is 2.88. The molecular formula is C27H26N2O6S2. The zero-order valence-electron chi connectivity index (χ0n) is 20.1. The van der Waals surface area contributed by atoms with Crippen molar-refractivity contribution in [3.05, 3.63) is 90.4 Å². The molecule has 37 heavy (non-hydrogen) atoms. The third-order valence-corrected chi connectivity index (χ3v) is 9.68. The van der Waals surface area contributed by atoms with Gasteiger partial charge < -0.3 is 0 Å². The van der Waals surface area contributed by atoms with Crippen molar-refractivity contribution in [2.24, 2.45) is 21.8 Å². The standard InChI is InChI=1S/C27H26N2O6S2/c1-3-5-11-18(4-2)36(32,33)16-22-23(17-37(34,35)19-12-7-6-8-13-19)29-25-24(28-22)26(30)20-14-9-10-15-21(20)27(25)31/h3-15,20-21,24-25H,2,16-17H2,1H3/b5-3-,18-11+. The summed E-state index contributed by atoms with van der Waals surface area (Å²) in [5, 5.41) is 0. The van der Waals surface area contributed by atoms with Crippen molar-refractivity contribution in [3.8, 4) is 0 Å². The van der Waals surface area contributed by atoms with E-state index in [0.29, 0.717) is 0 Å². The maximum Gasteiger partial charge on any atom is 0.184 e. The number of aliphatic imine (C=N–C) groups is 2. The van der Waals surface area contributed by atoms with Gasteiger partial charge in [0.05, 0.1) is 44.6 Å². The summed E-state index contributed by atoms with van der Waals surface area (Å²) in [7, 11) is -7.98. The van der Waals surface area contributed by atoms with Crippen LogP contribution in [0.1, 0.15) is 6.92 Å². The molecule has 4 rings (SSSR count). The molecule has 0 radical (unpaired) electrons. The quantitative estimate of drug-likeness (QED) is 0.468. The molecule has 1 aromatic carbocycles. The summed E-state index contributed by atoms with van der Waals surface area (Å²) >= 11 is 0. The second kappa shape index (κ2) is 10.5. The normalized spacial score (nSPS) is 25.9. The molecule has 4 atom stereocenters. The number of fused-ring (bicyclic) bond motifs is 2. The number of sulfone groups is 2. The highest BCUT2D eigenvalue weighted by Gasteiger charge is 2.50. The van der Waals surface area contributed by atoms with Crippen LogP contribution in [0.4, 0.5) is 0 Å². The minimum atomic E-state index is -4.03. The minimum Gasteiger partial charge on any atom is -0.296 e. The minimum absolute atomic E-state index is 0.0215. The molecule has 4 unspecified atom stereocenters. The van der Waals surface area contributed by atoms with Gasteiger partial charge in [0, 0.05) is 0 Å². The van der Waals surface area contributed by atoms with Crippen molar-refractivity contribution in [3.63, 3.8) is 0 Å². The first kappa shape index (κ1) is 26.6. The number of Topliss-reactive ketones (excluding diaryl/α,β-unsaturated/α-hetero) is 2. The van der Waals surface area contributed by atoms with Gasteiger partial charge >= 0.3 is 0 Å². The molecule has 8 nitrogen and oxygen atoms in total. The Hall–Kier alpha value is -3.50. The summed E-state index contributed by atoms with van der Waals surface area (Å²) in [6.07, 6.45) is 12.3. The first-order valence-corrected chi connectivity index (χ1v) is 14.9. The summed E-state index contributed by atoms with van der Waals surface area (Å²) < 4.78 is 52.8. The molecule has 1 aromatic rings. The lowest BCUT2D eigenvalue weighted by atomic mass is 9.70. The lowest BCUT2D eigenvalue weighted by Gasteiger charge is -2.37. The number of hydrogen-bond acceptors (Lipinski definition) is 8. The van der Waals surface area contributed by atoms with Gasteiger partial charge in [0.2, 0.25) is 0 Å². The molecular weight excluding hydrogens is 512 g/mol. The van der Waals surface area contributed by atoms with Crippen molar-refractivity contribution in [2.75, 3.05) is 11.5 Å². The Balaban J connectivity index is 1.79. The monoisotopic (exact) mass is 538 g/mol. The lowest BCUT2D eigenvalue weighted by molar-refractivity contribution is -0.137. The van der Waals surface area contributed by atoms with E-state index >= 15 is 0 Å². The molecule has 10 heteroatoms. The van der Waals surface area contributed by atoms with Crippen molar-refractivity contribution >= 4 is 42.7 Å². The van der Waals surface area contributed by atoms with E-state index in [1.807, 2.05) is 0 Å². The smallest absolute Gasteiger partial charge is 0.184 e. The SMILES string of the molecule is C=C/C(=C\C=C/C)S(=O)(=O)CC1=NC2C(=O)C3C=CC=CC3C(=O)C2N=C1CS(=O)(=O)c1ccccc1. The predicted molar refractivity (Wildman–Crippen MR) is 143 cm³/mol. The van der Waals surface area contributed by atoms with Crippen LogP contribution >= 0.6 is 0 Å². The van der Waals surface area contributed by atoms with E-state index in [1.54, 1.807) is 55.5 Å². The van der Waals surface area contributed by atoms with Crippen LogP contribution in [0.3, 0.4) is 0 Å². The molecule has 0 amide bonds. The van der Waals surface area contributed by atoms with Gasteiger partial charge in [-0.15, -0.1) is 0 Å². The molecule has 0 aromatic heterocycles. The molecule has 3 aliphatic rings. The van der Waals surface area contributed by atoms with Gasteiger partial charge in [-0.3, -0.25) is 19.6 Å². The van der Waals surface area contributed by atoms with Crippen LogP contribution < -0.4 is 0 Å². The maximum absolute atomic E-state index is 13.3. The van der Waals surface area contributed by atoms with Gasteiger partial charge in [-0.1, -0.05) is 67.3 Å². The van der Waals surface area contributed by atoms with Gasteiger partial charge in [0.25, 0.3) is 0 Å². The van der Waals surface area contributed by atoms with E-state index in [-0.39, 0.29) is 32.8 Å². The predicted octanol–water partition coefficient (Wildman–Crippen LogP) is 2.66. The van der Waals surface area contributed by atoms with E-state index in [4.69, 9.17) is 0 Å². The largest absolute Gasteiger partial charge is 0.296 e. The van der Waals surface area contributed by atoms with E-state index in [9.17, 15) is 26.4 Å². The molecule has 1 heterocycles. The number of nitrogens with zero attached hydrogens (tertiary/aromatic N) is 2. The number of allylic oxidation sites excluding steroid dienone is 8. The lowest BCUT2D eigenvalue weighted by Crippen LogP contribution is -2.55. The first-order chi connectivity index (χ1) is 17.6. The van der Waals surface area contributed by atoms with Crippen LogP contribution in [0, 0.1) is 11.8 Å². The van der Waals surface area contributed by atoms with Crippen LogP contribution in [-0.2, 0) is 29.3 Å². The number of benzene rings is 1. The van der Waals surface area contributed by atoms with Gasteiger partial charge in [0.1, 0.15) is 12.1 Å². The number of carbonyl (C=O) groups excluding carboxylic acids is 2. The second-order valence-corrected chi connectivity index (χ2v) is 12.8. The fourth-order valence-electron chi connectivity index (χ4n) is 4.49. The summed E-state index contributed by atoms with van der Waals surface area (Å²) in [5.74, 6) is -3.50. The number of hydrogen-bond donors (Lipinski definition) is 0. The molecule has 1 aliphatic heterocycles. The summed E-state index contributed by atoms with van der Waals surface area (Å²) in [5.41, 5.74) is -0.290. The molecule has 2 aliphatic carbocycles. The van der Waals surface area contributed by atoms with Crippen LogP contribution in [0.5, 0.6) is 0 Å². The van der Waals surface area contributed by atoms with Crippen LogP contribution in [0.2, 0.25) is 0 Å². The van der Waals surface area contributed by atoms with E-state index in [0.717, 1.165) is 0 Å². The van der Waals surface area contributed by atoms with Crippen LogP contribution in [-0.4, -0.2) is 63.4 Å². The van der Waals surface area contributed by atoms with Gasteiger partial charge in [-0.2, -0.15) is 0 Å². The van der Waals surface area contributed by atoms with Crippen molar-refractivity contribution in [1.82, 2.24) is 0 Å². The highest BCUT2D eigenvalue weighted by molar-refractivity contribution is 7.96. The highest BCUT2D eigenvalue weighted by atomic mass is 32.2. The molecule has 1 fully saturated rings. The average molecular weight is 539 g/mol. The molecule has 0 N–H and O–H groups in total. The molecule has 0 bridgehead atoms. The van der Waals surface area contributed by atoms with Crippen LogP contribution in [0.15, 0.2) is 105 Å². The summed E-state index contributed by atoms with van der Waals surface area (Å²) in [6.45, 7) is 5.29. The van der Waals surface area contributed by atoms with Crippen molar-refractivity contribution in [2.45, 2.75) is 23.9 Å². The Morgan fingerprint density at radius 1 is 0.892 bits per heavy atom. The fraction of sp³-hybridized carbons (Fsp3) is 0.259. The van der Waals surface area contributed by atoms with Crippen LogP contribution in [0.25, 0.3) is 0 Å². The van der Waals surface area contributed by atoms with Crippen molar-refractivity contribution < 1.29 is 26.4 Å². The highest BCUT2D eigenvalue weighted by Crippen LogP contribution is 2.34. The second-order valence-electron chi connectivity index (χ2n) is 8.80. The maximum atomic E-state index is 13.3. The fourth-order valence-corrected chi connectivity index (χ4v) is 7.14. The Kier molecular flexibility index (Phi) is 7.52. The molecule has 192 valence electrons. The molecule has 0 saturated heterocycles. The van der Waals surface area contributed by atoms with E-state index in [1.165, 1.54) is 30.4 Å². The van der Waals surface area contributed by atoms with Gasteiger partial charge in [0.15, 0.2) is 31.2 Å². The Morgan fingerprint density at radius 3 is 1.95 bits per heavy atom. The number of ketones is 2. The zero-order valence-corrected chi connectivity index (χ0v) is 21.7. The number of carbonyl (C=O) groups is 2. The molecule has 1 saturated carbocycles. The molecule has 0 spiro atoms. The number of rotatable bonds is 8. The van der Waals surface area contributed by atoms with Gasteiger partial charge in [-0.25, -0.2) is 16.8 Å². The third-order valence-electron chi connectivity index (χ3n) is 6.37. The van der Waals surface area contributed by atoms with Crippen molar-refractivity contribution in [1.29, 1.82) is 0 Å². The Labute approximate surface area is 216 Å². The zero-order chi connectivity index (χ0) is 26.8. The topological polar surface area (TPSA) is 127 Å². The first-order valence-electron chi connectivity index (χ1n) is 11.6. The summed E-state index contributed by atoms with van der Waals surface area (Å²) in [4.78, 5) is 35.3. The van der Waals surface area contributed by atoms with E-state index < -0.39 is 55.1 Å². The van der Waals surface area contributed by atoms with Gasteiger partial charge in [-0.05, 0) is 25.1 Å². The van der Waals surface area contributed by atoms with E-state index in [2.05, 4.69) is 16.6 Å².